The van der Waals surface area contributed by atoms with Gasteiger partial charge >= 0.3 is 0 Å². The molecule has 0 aromatic carbocycles. The first-order valence-electron chi connectivity index (χ1n) is 6.99. The van der Waals surface area contributed by atoms with Gasteiger partial charge in [-0.25, -0.2) is 0 Å². The Balaban J connectivity index is 1.58. The van der Waals surface area contributed by atoms with E-state index in [-0.39, 0.29) is 0 Å². The maximum atomic E-state index is 5.62. The molecule has 1 aliphatic carbocycles. The molecule has 0 atom stereocenters. The van der Waals surface area contributed by atoms with Crippen LogP contribution in [0, 0.1) is 0 Å². The van der Waals surface area contributed by atoms with Crippen molar-refractivity contribution in [2.24, 2.45) is 0 Å². The van der Waals surface area contributed by atoms with Crippen LogP contribution in [0.25, 0.3) is 0 Å². The van der Waals surface area contributed by atoms with E-state index in [4.69, 9.17) is 4.74 Å². The molecule has 1 saturated carbocycles. The molecule has 0 unspecified atom stereocenters. The summed E-state index contributed by atoms with van der Waals surface area (Å²) < 4.78 is 7.47. The van der Waals surface area contributed by atoms with Crippen molar-refractivity contribution in [2.75, 3.05) is 0 Å². The first kappa shape index (κ1) is 13.1. The molecule has 106 valence electrons. The molecule has 1 N–H and O–H groups in total. The fraction of sp³-hybridized carbons (Fsp3) is 0.500. The van der Waals surface area contributed by atoms with Crippen LogP contribution < -0.4 is 10.1 Å². The SMILES string of the molecule is CC(C)n1cc(Oc2ccc(CNC3CC3)nn2)cn1. The highest BCUT2D eigenvalue weighted by molar-refractivity contribution is 5.21. The second kappa shape index (κ2) is 5.58. The minimum absolute atomic E-state index is 0.314. The zero-order valence-corrected chi connectivity index (χ0v) is 11.8. The van der Waals surface area contributed by atoms with Gasteiger partial charge < -0.3 is 10.1 Å². The van der Waals surface area contributed by atoms with Crippen molar-refractivity contribution in [3.05, 3.63) is 30.2 Å². The summed E-state index contributed by atoms with van der Waals surface area (Å²) in [6, 6.07) is 4.76. The monoisotopic (exact) mass is 273 g/mol. The molecule has 2 aromatic heterocycles. The maximum absolute atomic E-state index is 5.62. The standard InChI is InChI=1S/C14H19N5O/c1-10(2)19-9-13(8-16-19)20-14-6-5-12(17-18-14)7-15-11-3-4-11/h5-6,8-11,15H,3-4,7H2,1-2H3. The topological polar surface area (TPSA) is 64.9 Å². The third-order valence-corrected chi connectivity index (χ3v) is 3.17. The van der Waals surface area contributed by atoms with E-state index in [1.54, 1.807) is 6.20 Å². The normalized spacial score (nSPS) is 14.8. The van der Waals surface area contributed by atoms with Crippen molar-refractivity contribution in [1.29, 1.82) is 0 Å². The highest BCUT2D eigenvalue weighted by Crippen LogP contribution is 2.20. The predicted octanol–water partition coefficient (Wildman–Crippen LogP) is 2.30. The quantitative estimate of drug-likeness (QED) is 0.875. The Bertz CT molecular complexity index is 559. The molecule has 3 rings (SSSR count). The lowest BCUT2D eigenvalue weighted by atomic mass is 10.4. The molecule has 0 aliphatic heterocycles. The van der Waals surface area contributed by atoms with Crippen molar-refractivity contribution in [3.8, 4) is 11.6 Å². The molecule has 1 fully saturated rings. The minimum Gasteiger partial charge on any atom is -0.434 e. The zero-order chi connectivity index (χ0) is 13.9. The van der Waals surface area contributed by atoms with E-state index in [0.29, 0.717) is 23.7 Å². The van der Waals surface area contributed by atoms with Crippen LogP contribution in [-0.2, 0) is 6.54 Å². The Labute approximate surface area is 118 Å². The lowest BCUT2D eigenvalue weighted by Gasteiger charge is -2.04. The van der Waals surface area contributed by atoms with Crippen LogP contribution in [-0.4, -0.2) is 26.0 Å². The summed E-state index contributed by atoms with van der Waals surface area (Å²) in [6.07, 6.45) is 6.09. The van der Waals surface area contributed by atoms with Crippen molar-refractivity contribution in [1.82, 2.24) is 25.3 Å². The van der Waals surface area contributed by atoms with Crippen LogP contribution in [0.1, 0.15) is 38.4 Å². The van der Waals surface area contributed by atoms with E-state index in [9.17, 15) is 0 Å². The first-order chi connectivity index (χ1) is 9.70. The maximum Gasteiger partial charge on any atom is 0.239 e. The van der Waals surface area contributed by atoms with Crippen molar-refractivity contribution < 1.29 is 4.74 Å². The minimum atomic E-state index is 0.314. The van der Waals surface area contributed by atoms with Gasteiger partial charge in [0, 0.05) is 24.7 Å². The fourth-order valence-electron chi connectivity index (χ4n) is 1.81. The molecule has 0 saturated heterocycles. The molecule has 0 amide bonds. The fourth-order valence-corrected chi connectivity index (χ4v) is 1.81. The van der Waals surface area contributed by atoms with E-state index < -0.39 is 0 Å². The van der Waals surface area contributed by atoms with Gasteiger partial charge in [-0.05, 0) is 32.8 Å². The van der Waals surface area contributed by atoms with Gasteiger partial charge in [0.1, 0.15) is 0 Å². The number of nitrogens with one attached hydrogen (secondary N) is 1. The summed E-state index contributed by atoms with van der Waals surface area (Å²) in [5.41, 5.74) is 0.933. The molecule has 0 spiro atoms. The van der Waals surface area contributed by atoms with Crippen molar-refractivity contribution in [3.63, 3.8) is 0 Å². The molecule has 6 nitrogen and oxygen atoms in total. The summed E-state index contributed by atoms with van der Waals surface area (Å²) in [4.78, 5) is 0. The van der Waals surface area contributed by atoms with E-state index in [1.165, 1.54) is 12.8 Å². The van der Waals surface area contributed by atoms with Gasteiger partial charge in [0.15, 0.2) is 5.75 Å². The molecule has 1 aliphatic rings. The van der Waals surface area contributed by atoms with Gasteiger partial charge in [0.25, 0.3) is 0 Å². The lowest BCUT2D eigenvalue weighted by Crippen LogP contribution is -2.16. The Kier molecular flexibility index (Phi) is 3.64. The molecule has 0 radical (unpaired) electrons. The molecular formula is C14H19N5O. The molecule has 20 heavy (non-hydrogen) atoms. The number of hydrogen-bond donors (Lipinski definition) is 1. The highest BCUT2D eigenvalue weighted by Gasteiger charge is 2.20. The van der Waals surface area contributed by atoms with Crippen LogP contribution >= 0.6 is 0 Å². The van der Waals surface area contributed by atoms with Gasteiger partial charge in [-0.15, -0.1) is 5.10 Å². The van der Waals surface area contributed by atoms with Crippen molar-refractivity contribution in [2.45, 2.75) is 45.3 Å². The van der Waals surface area contributed by atoms with E-state index in [1.807, 2.05) is 23.0 Å². The van der Waals surface area contributed by atoms with E-state index in [2.05, 4.69) is 34.5 Å². The second-order valence-corrected chi connectivity index (χ2v) is 5.37. The molecular weight excluding hydrogens is 254 g/mol. The number of rotatable bonds is 6. The summed E-state index contributed by atoms with van der Waals surface area (Å²) in [6.45, 7) is 4.90. The van der Waals surface area contributed by atoms with Crippen LogP contribution in [0.3, 0.4) is 0 Å². The predicted molar refractivity (Wildman–Crippen MR) is 74.6 cm³/mol. The molecule has 0 bridgehead atoms. The summed E-state index contributed by atoms with van der Waals surface area (Å²) in [5.74, 6) is 1.17. The van der Waals surface area contributed by atoms with E-state index >= 15 is 0 Å². The Morgan fingerprint density at radius 1 is 1.35 bits per heavy atom. The molecule has 2 aromatic rings. The van der Waals surface area contributed by atoms with Crippen LogP contribution in [0.15, 0.2) is 24.5 Å². The zero-order valence-electron chi connectivity index (χ0n) is 11.8. The first-order valence-corrected chi connectivity index (χ1v) is 6.99. The molecule has 6 heteroatoms. The molecule has 2 heterocycles. The van der Waals surface area contributed by atoms with Crippen molar-refractivity contribution >= 4 is 0 Å². The van der Waals surface area contributed by atoms with Gasteiger partial charge in [0.05, 0.1) is 18.1 Å². The van der Waals surface area contributed by atoms with Gasteiger partial charge in [-0.3, -0.25) is 4.68 Å². The van der Waals surface area contributed by atoms with Gasteiger partial charge in [-0.1, -0.05) is 0 Å². The Morgan fingerprint density at radius 3 is 2.80 bits per heavy atom. The Morgan fingerprint density at radius 2 is 2.20 bits per heavy atom. The number of aromatic nitrogens is 4. The van der Waals surface area contributed by atoms with Crippen LogP contribution in [0.5, 0.6) is 11.6 Å². The van der Waals surface area contributed by atoms with E-state index in [0.717, 1.165) is 12.2 Å². The highest BCUT2D eigenvalue weighted by atomic mass is 16.5. The second-order valence-electron chi connectivity index (χ2n) is 5.37. The largest absolute Gasteiger partial charge is 0.434 e. The summed E-state index contributed by atoms with van der Waals surface area (Å²) >= 11 is 0. The third-order valence-electron chi connectivity index (χ3n) is 3.17. The van der Waals surface area contributed by atoms with Crippen LogP contribution in [0.2, 0.25) is 0 Å². The van der Waals surface area contributed by atoms with Gasteiger partial charge in [0.2, 0.25) is 5.88 Å². The van der Waals surface area contributed by atoms with Crippen LogP contribution in [0.4, 0.5) is 0 Å². The third kappa shape index (κ3) is 3.33. The number of ether oxygens (including phenoxy) is 1. The lowest BCUT2D eigenvalue weighted by molar-refractivity contribution is 0.450. The summed E-state index contributed by atoms with van der Waals surface area (Å²) in [5, 5.41) is 15.8. The smallest absolute Gasteiger partial charge is 0.239 e. The average molecular weight is 273 g/mol. The van der Waals surface area contributed by atoms with Gasteiger partial charge in [-0.2, -0.15) is 10.2 Å². The average Bonchev–Trinajstić information content (AvgIpc) is 3.15. The number of hydrogen-bond acceptors (Lipinski definition) is 5. The Hall–Kier alpha value is -1.95. The summed E-state index contributed by atoms with van der Waals surface area (Å²) in [7, 11) is 0. The number of nitrogens with zero attached hydrogens (tertiary/aromatic N) is 4.